The summed E-state index contributed by atoms with van der Waals surface area (Å²) in [4.78, 5) is 51.0. The molecular formula is C84H103FO16. The Kier molecular flexibility index (Phi) is 31.4. The van der Waals surface area contributed by atoms with E-state index in [1.807, 2.05) is 12.1 Å². The maximum Gasteiger partial charge on any atom is 0.338 e. The molecule has 0 aliphatic heterocycles. The SMILES string of the molecule is C=C(C)C(=O)Oc1cc(OCCO)cc(-c2cc(-c3ccc(C4CCC(CCC)CC4)cc3F)cc(OC(=O)C(=C)C)c2OCCCCO)c1.C=C(C)C(=O)Oc1cc(OCCO)cc(-c2cc(-c3ccc(C4CCC(CCCC)CC4)cc3C)cc(OC(=O)C(=C)C)c2OCCCCO)c1. The van der Waals surface area contributed by atoms with Crippen LogP contribution in [0.3, 0.4) is 0 Å². The van der Waals surface area contributed by atoms with Crippen molar-refractivity contribution >= 4 is 23.9 Å². The van der Waals surface area contributed by atoms with E-state index in [-0.39, 0.29) is 110 Å². The van der Waals surface area contributed by atoms with Crippen molar-refractivity contribution in [3.63, 3.8) is 0 Å². The number of aliphatic hydroxyl groups is 4. The zero-order valence-electron chi connectivity index (χ0n) is 60.1. The molecule has 17 heteroatoms. The van der Waals surface area contributed by atoms with Crippen molar-refractivity contribution in [3.05, 3.63) is 168 Å². The van der Waals surface area contributed by atoms with E-state index in [0.29, 0.717) is 82.4 Å². The number of aryl methyl sites for hydroxylation is 1. The van der Waals surface area contributed by atoms with Gasteiger partial charge in [-0.15, -0.1) is 0 Å². The van der Waals surface area contributed by atoms with Crippen LogP contribution in [0.25, 0.3) is 44.5 Å². The Morgan fingerprint density at radius 3 is 1.20 bits per heavy atom. The molecule has 0 spiro atoms. The standard InChI is InChI=1S/C43H54O8.C41H49FO8/c1-7-8-11-31-12-14-32(15-13-31)33-16-17-38(30(6)22-33)35-25-39(41(49-20-10-9-18-44)40(26-35)51-43(47)29(4)5)34-23-36(48-21-19-45)27-37(24-34)50-42(46)28(2)3;1-6-9-28-10-12-29(13-11-28)30-14-15-35(37(42)23-30)32-22-36(39(48-18-8-7-16-43)38(24-32)50-41(46)27(4)5)31-20-33(47-19-17-44)25-34(21-31)49-40(45)26(2)3/h16-17,22-27,31-32,44-45H,2,4,7-15,18-21H2,1,3,5-6H3;14-15,20-25,28-29,43-44H,2,4,6-13,16-19H2,1,3,5H3. The van der Waals surface area contributed by atoms with Gasteiger partial charge in [-0.2, -0.15) is 0 Å². The first-order valence-electron chi connectivity index (χ1n) is 35.6. The number of rotatable bonds is 35. The van der Waals surface area contributed by atoms with Gasteiger partial charge in [-0.1, -0.05) is 103 Å². The van der Waals surface area contributed by atoms with Crippen molar-refractivity contribution in [2.75, 3.05) is 52.9 Å². The summed E-state index contributed by atoms with van der Waals surface area (Å²) in [5.41, 5.74) is 8.67. The normalized spacial score (nSPS) is 15.6. The number of unbranched alkanes of at least 4 members (excludes halogenated alkanes) is 3. The fourth-order valence-electron chi connectivity index (χ4n) is 12.8. The number of carbonyl (C=O) groups is 4. The van der Waals surface area contributed by atoms with Gasteiger partial charge < -0.3 is 58.3 Å². The van der Waals surface area contributed by atoms with Crippen molar-refractivity contribution in [1.29, 1.82) is 0 Å². The second-order valence-corrected chi connectivity index (χ2v) is 26.7. The lowest BCUT2D eigenvalue weighted by Crippen LogP contribution is -2.13. The zero-order chi connectivity index (χ0) is 73.1. The van der Waals surface area contributed by atoms with Gasteiger partial charge in [0.15, 0.2) is 23.0 Å². The molecule has 0 bridgehead atoms. The summed E-state index contributed by atoms with van der Waals surface area (Å²) in [5.74, 6) is 1.14. The van der Waals surface area contributed by atoms with Gasteiger partial charge in [-0.25, -0.2) is 23.6 Å². The minimum Gasteiger partial charge on any atom is -0.491 e. The number of benzene rings is 6. The highest BCUT2D eigenvalue weighted by Gasteiger charge is 2.28. The summed E-state index contributed by atoms with van der Waals surface area (Å²) in [5, 5.41) is 37.6. The Morgan fingerprint density at radius 1 is 0.406 bits per heavy atom. The van der Waals surface area contributed by atoms with E-state index in [1.54, 1.807) is 74.5 Å². The van der Waals surface area contributed by atoms with Gasteiger partial charge in [-0.05, 0) is 234 Å². The molecule has 6 aromatic carbocycles. The number of aliphatic hydroxyl groups excluding tert-OH is 4. The van der Waals surface area contributed by atoms with Crippen LogP contribution in [0.4, 0.5) is 4.39 Å². The van der Waals surface area contributed by atoms with Gasteiger partial charge in [0.1, 0.15) is 42.0 Å². The van der Waals surface area contributed by atoms with Crippen molar-refractivity contribution in [1.82, 2.24) is 0 Å². The molecule has 16 nitrogen and oxygen atoms in total. The third kappa shape index (κ3) is 23.3. The molecule has 101 heavy (non-hydrogen) atoms. The molecule has 0 atom stereocenters. The quantitative estimate of drug-likeness (QED) is 0.0126. The van der Waals surface area contributed by atoms with E-state index in [2.05, 4.69) is 65.3 Å². The molecular weight excluding hydrogens is 1280 g/mol. The molecule has 8 rings (SSSR count). The number of esters is 4. The topological polar surface area (TPSA) is 223 Å². The highest BCUT2D eigenvalue weighted by atomic mass is 19.1. The minimum atomic E-state index is -0.695. The lowest BCUT2D eigenvalue weighted by atomic mass is 9.76. The summed E-state index contributed by atoms with van der Waals surface area (Å²) in [6, 6.07) is 28.8. The first-order chi connectivity index (χ1) is 48.6. The molecule has 0 amide bonds. The summed E-state index contributed by atoms with van der Waals surface area (Å²) >= 11 is 0. The van der Waals surface area contributed by atoms with Gasteiger partial charge in [-0.3, -0.25) is 0 Å². The molecule has 2 fully saturated rings. The fourth-order valence-corrected chi connectivity index (χ4v) is 12.8. The van der Waals surface area contributed by atoms with Crippen LogP contribution in [-0.2, 0) is 19.2 Å². The Balaban J connectivity index is 0.000000283. The monoisotopic (exact) mass is 1390 g/mol. The third-order valence-electron chi connectivity index (χ3n) is 18.2. The van der Waals surface area contributed by atoms with Gasteiger partial charge in [0.05, 0.1) is 26.4 Å². The van der Waals surface area contributed by atoms with Crippen LogP contribution >= 0.6 is 0 Å². The lowest BCUT2D eigenvalue weighted by Gasteiger charge is -2.29. The highest BCUT2D eigenvalue weighted by Crippen LogP contribution is 2.49. The summed E-state index contributed by atoms with van der Waals surface area (Å²) in [6.07, 6.45) is 17.7. The van der Waals surface area contributed by atoms with E-state index >= 15 is 4.39 Å². The maximum absolute atomic E-state index is 16.1. The Hall–Kier alpha value is -8.87. The Labute approximate surface area is 595 Å². The van der Waals surface area contributed by atoms with Gasteiger partial charge in [0.2, 0.25) is 0 Å². The first-order valence-corrected chi connectivity index (χ1v) is 35.6. The van der Waals surface area contributed by atoms with Gasteiger partial charge in [0, 0.05) is 64.3 Å². The number of ether oxygens (including phenoxy) is 8. The van der Waals surface area contributed by atoms with E-state index < -0.39 is 29.7 Å². The predicted molar refractivity (Wildman–Crippen MR) is 394 cm³/mol. The molecule has 2 aliphatic rings. The van der Waals surface area contributed by atoms with Crippen molar-refractivity contribution < 1.29 is 81.9 Å². The van der Waals surface area contributed by atoms with E-state index in [9.17, 15) is 39.6 Å². The van der Waals surface area contributed by atoms with Crippen LogP contribution in [0.5, 0.6) is 46.0 Å². The molecule has 0 saturated heterocycles. The van der Waals surface area contributed by atoms with Gasteiger partial charge in [0.25, 0.3) is 0 Å². The third-order valence-corrected chi connectivity index (χ3v) is 18.2. The summed E-state index contributed by atoms with van der Waals surface area (Å²) in [7, 11) is 0. The largest absolute Gasteiger partial charge is 0.491 e. The molecule has 0 unspecified atom stereocenters. The van der Waals surface area contributed by atoms with Crippen LogP contribution in [0.1, 0.15) is 179 Å². The molecule has 0 heterocycles. The molecule has 0 radical (unpaired) electrons. The molecule has 4 N–H and O–H groups in total. The first kappa shape index (κ1) is 79.5. The molecule has 2 saturated carbocycles. The number of carbonyl (C=O) groups excluding carboxylic acids is 4. The molecule has 6 aromatic rings. The van der Waals surface area contributed by atoms with Crippen LogP contribution in [-0.4, -0.2) is 97.2 Å². The van der Waals surface area contributed by atoms with Crippen LogP contribution < -0.4 is 37.9 Å². The predicted octanol–water partition coefficient (Wildman–Crippen LogP) is 18.0. The van der Waals surface area contributed by atoms with Crippen molar-refractivity contribution in [2.24, 2.45) is 11.8 Å². The number of hydrogen-bond donors (Lipinski definition) is 4. The Bertz CT molecular complexity index is 3850. The van der Waals surface area contributed by atoms with Gasteiger partial charge >= 0.3 is 23.9 Å². The Morgan fingerprint density at radius 2 is 0.802 bits per heavy atom. The van der Waals surface area contributed by atoms with Crippen molar-refractivity contribution in [3.8, 4) is 90.5 Å². The highest BCUT2D eigenvalue weighted by molar-refractivity contribution is 5.94. The summed E-state index contributed by atoms with van der Waals surface area (Å²) < 4.78 is 63.1. The molecule has 0 aromatic heterocycles. The zero-order valence-corrected chi connectivity index (χ0v) is 60.1. The van der Waals surface area contributed by atoms with E-state index in [1.165, 1.54) is 83.3 Å². The minimum absolute atomic E-state index is 0.0178. The summed E-state index contributed by atoms with van der Waals surface area (Å²) in [6.45, 7) is 27.5. The van der Waals surface area contributed by atoms with E-state index in [0.717, 1.165) is 59.8 Å². The fraction of sp³-hybridized carbons (Fsp3) is 0.429. The van der Waals surface area contributed by atoms with Crippen LogP contribution in [0.15, 0.2) is 146 Å². The second-order valence-electron chi connectivity index (χ2n) is 26.7. The van der Waals surface area contributed by atoms with Crippen molar-refractivity contribution in [2.45, 2.75) is 169 Å². The average molecular weight is 1390 g/mol. The smallest absolute Gasteiger partial charge is 0.338 e. The van der Waals surface area contributed by atoms with Crippen LogP contribution in [0.2, 0.25) is 0 Å². The van der Waals surface area contributed by atoms with Crippen LogP contribution in [0, 0.1) is 24.6 Å². The number of hydrogen-bond acceptors (Lipinski definition) is 16. The maximum atomic E-state index is 16.1. The number of halogens is 1. The molecule has 2 aliphatic carbocycles. The molecule has 542 valence electrons. The lowest BCUT2D eigenvalue weighted by molar-refractivity contribution is -0.131. The second kappa shape index (κ2) is 39.9. The van der Waals surface area contributed by atoms with E-state index in [4.69, 9.17) is 37.9 Å². The average Bonchev–Trinajstić information content (AvgIpc) is 0.779.